The number of quaternary nitrogens is 1. The summed E-state index contributed by atoms with van der Waals surface area (Å²) < 4.78 is 34.9. The smallest absolute Gasteiger partial charge is 0.457 e. The number of unbranched alkanes of at least 4 members (excludes halogenated alkanes) is 16. The van der Waals surface area contributed by atoms with Gasteiger partial charge in [0.1, 0.15) is 19.3 Å². The molecule has 0 aromatic rings. The van der Waals surface area contributed by atoms with Gasteiger partial charge in [0.25, 0.3) is 0 Å². The molecule has 0 amide bonds. The number of carbonyl (C=O) groups is 1. The number of esters is 1. The number of phosphoric acid groups is 1. The number of ether oxygens (including phenoxy) is 2. The van der Waals surface area contributed by atoms with Gasteiger partial charge in [0, 0.05) is 13.0 Å². The molecule has 0 heterocycles. The zero-order chi connectivity index (χ0) is 40.6. The van der Waals surface area contributed by atoms with Gasteiger partial charge in [0.2, 0.25) is 0 Å². The molecule has 0 fully saturated rings. The number of rotatable bonds is 40. The van der Waals surface area contributed by atoms with E-state index in [4.69, 9.17) is 18.5 Å². The average molecular weight is 795 g/mol. The fourth-order valence-electron chi connectivity index (χ4n) is 5.70. The van der Waals surface area contributed by atoms with Crippen molar-refractivity contribution in [2.75, 3.05) is 54.1 Å². The maximum Gasteiger partial charge on any atom is 0.472 e. The van der Waals surface area contributed by atoms with Gasteiger partial charge in [-0.05, 0) is 57.8 Å². The predicted molar refractivity (Wildman–Crippen MR) is 233 cm³/mol. The molecule has 0 aromatic heterocycles. The van der Waals surface area contributed by atoms with Gasteiger partial charge in [-0.1, -0.05) is 164 Å². The second kappa shape index (κ2) is 39.0. The Morgan fingerprint density at radius 1 is 0.582 bits per heavy atom. The lowest BCUT2D eigenvalue weighted by atomic mass is 10.1. The molecule has 9 heteroatoms. The van der Waals surface area contributed by atoms with E-state index in [1.165, 1.54) is 77.0 Å². The second-order valence-electron chi connectivity index (χ2n) is 15.7. The number of phosphoric ester groups is 1. The molecule has 0 rings (SSSR count). The normalized spacial score (nSPS) is 14.4. The van der Waals surface area contributed by atoms with Gasteiger partial charge in [-0.25, -0.2) is 4.57 Å². The van der Waals surface area contributed by atoms with Gasteiger partial charge >= 0.3 is 13.8 Å². The number of allylic oxidation sites excluding steroid dienone is 10. The van der Waals surface area contributed by atoms with Crippen molar-refractivity contribution in [1.82, 2.24) is 0 Å². The van der Waals surface area contributed by atoms with Crippen molar-refractivity contribution in [3.8, 4) is 0 Å². The zero-order valence-electron chi connectivity index (χ0n) is 36.1. The van der Waals surface area contributed by atoms with E-state index in [2.05, 4.69) is 74.6 Å². The lowest BCUT2D eigenvalue weighted by molar-refractivity contribution is -0.870. The number of nitrogens with zero attached hydrogens (tertiary/aromatic N) is 1. The summed E-state index contributed by atoms with van der Waals surface area (Å²) in [4.78, 5) is 22.8. The molecule has 2 atom stereocenters. The maximum atomic E-state index is 12.6. The monoisotopic (exact) mass is 795 g/mol. The van der Waals surface area contributed by atoms with Crippen molar-refractivity contribution >= 4 is 13.8 Å². The largest absolute Gasteiger partial charge is 0.472 e. The van der Waals surface area contributed by atoms with Crippen LogP contribution in [0.25, 0.3) is 0 Å². The summed E-state index contributed by atoms with van der Waals surface area (Å²) in [6.07, 6.45) is 48.3. The highest BCUT2D eigenvalue weighted by Gasteiger charge is 2.26. The van der Waals surface area contributed by atoms with Crippen molar-refractivity contribution in [1.29, 1.82) is 0 Å². The summed E-state index contributed by atoms with van der Waals surface area (Å²) in [5.41, 5.74) is 0. The van der Waals surface area contributed by atoms with Crippen molar-refractivity contribution in [2.45, 2.75) is 174 Å². The summed E-state index contributed by atoms with van der Waals surface area (Å²) in [6, 6.07) is 0. The van der Waals surface area contributed by atoms with Crippen LogP contribution in [0, 0.1) is 0 Å². The van der Waals surface area contributed by atoms with E-state index in [-0.39, 0.29) is 25.8 Å². The number of hydrogen-bond acceptors (Lipinski definition) is 6. The average Bonchev–Trinajstić information content (AvgIpc) is 3.13. The van der Waals surface area contributed by atoms with E-state index in [1.807, 2.05) is 21.1 Å². The van der Waals surface area contributed by atoms with Crippen LogP contribution in [0.3, 0.4) is 0 Å². The lowest BCUT2D eigenvalue weighted by Gasteiger charge is -2.24. The van der Waals surface area contributed by atoms with Crippen LogP contribution in [0.5, 0.6) is 0 Å². The minimum Gasteiger partial charge on any atom is -0.457 e. The van der Waals surface area contributed by atoms with Crippen LogP contribution in [0.1, 0.15) is 168 Å². The predicted octanol–water partition coefficient (Wildman–Crippen LogP) is 12.9. The first kappa shape index (κ1) is 53.2. The molecular formula is C46H85NO7P+. The molecule has 8 nitrogen and oxygen atoms in total. The van der Waals surface area contributed by atoms with Gasteiger partial charge in [-0.3, -0.25) is 13.8 Å². The van der Waals surface area contributed by atoms with Crippen LogP contribution in [-0.4, -0.2) is 75.6 Å². The van der Waals surface area contributed by atoms with Gasteiger partial charge in [0.15, 0.2) is 0 Å². The van der Waals surface area contributed by atoms with E-state index in [1.54, 1.807) is 0 Å². The Kier molecular flexibility index (Phi) is 37.8. The maximum absolute atomic E-state index is 12.6. The van der Waals surface area contributed by atoms with Crippen molar-refractivity contribution in [3.63, 3.8) is 0 Å². The topological polar surface area (TPSA) is 91.3 Å². The third-order valence-electron chi connectivity index (χ3n) is 9.09. The standard InChI is InChI=1S/C46H84NO7P/c1-6-8-10-12-14-16-17-18-19-20-21-22-23-24-25-26-27-28-29-30-32-34-36-38-41-51-43-45(44-53-55(49,50)52-42-40-47(3,4)5)54-46(48)39-37-35-33-31-15-13-11-9-7-2/h8,10,14,16,18-19,21-22,24-25,45H,6-7,9,11-13,15,17,20,23,26-44H2,1-5H3/p+1/b10-8-,16-14-,19-18-,22-21-,25-24-. The molecule has 1 N–H and O–H groups in total. The Labute approximate surface area is 339 Å². The lowest BCUT2D eigenvalue weighted by Crippen LogP contribution is -2.37. The molecule has 0 saturated heterocycles. The number of hydrogen-bond donors (Lipinski definition) is 1. The number of likely N-dealkylation sites (N-methyl/N-ethyl adjacent to an activating group) is 1. The summed E-state index contributed by atoms with van der Waals surface area (Å²) in [5, 5.41) is 0. The SMILES string of the molecule is CC/C=C\C/C=C\C/C=C\C/C=C\C/C=C\CCCCCCCCCCOCC(COP(=O)(O)OCC[N+](C)(C)C)OC(=O)CCCCCCCCCCC. The van der Waals surface area contributed by atoms with Gasteiger partial charge in [-0.15, -0.1) is 0 Å². The summed E-state index contributed by atoms with van der Waals surface area (Å²) in [5.74, 6) is -0.322. The summed E-state index contributed by atoms with van der Waals surface area (Å²) >= 11 is 0. The minimum atomic E-state index is -4.27. The Bertz CT molecular complexity index is 1060. The Morgan fingerprint density at radius 2 is 1.05 bits per heavy atom. The molecule has 0 bridgehead atoms. The minimum absolute atomic E-state index is 0.0853. The Morgan fingerprint density at radius 3 is 1.58 bits per heavy atom. The summed E-state index contributed by atoms with van der Waals surface area (Å²) in [6.45, 7) is 5.46. The van der Waals surface area contributed by atoms with E-state index >= 15 is 0 Å². The molecule has 0 spiro atoms. The highest BCUT2D eigenvalue weighted by Crippen LogP contribution is 2.43. The number of carbonyl (C=O) groups excluding carboxylic acids is 1. The van der Waals surface area contributed by atoms with Gasteiger partial charge in [0.05, 0.1) is 34.4 Å². The summed E-state index contributed by atoms with van der Waals surface area (Å²) in [7, 11) is 1.66. The molecule has 0 aliphatic carbocycles. The van der Waals surface area contributed by atoms with Gasteiger partial charge < -0.3 is 18.9 Å². The third kappa shape index (κ3) is 43.2. The molecule has 0 aliphatic heterocycles. The zero-order valence-corrected chi connectivity index (χ0v) is 37.0. The third-order valence-corrected chi connectivity index (χ3v) is 10.1. The van der Waals surface area contributed by atoms with E-state index in [0.717, 1.165) is 70.6 Å². The van der Waals surface area contributed by atoms with Crippen molar-refractivity contribution < 1.29 is 37.3 Å². The van der Waals surface area contributed by atoms with E-state index in [0.29, 0.717) is 24.1 Å². The Hall–Kier alpha value is -1.80. The van der Waals surface area contributed by atoms with Crippen LogP contribution >= 0.6 is 7.82 Å². The molecule has 0 aliphatic rings. The Balaban J connectivity index is 4.13. The molecular weight excluding hydrogens is 709 g/mol. The molecule has 320 valence electrons. The van der Waals surface area contributed by atoms with E-state index in [9.17, 15) is 14.3 Å². The quantitative estimate of drug-likeness (QED) is 0.0217. The first-order chi connectivity index (χ1) is 26.6. The highest BCUT2D eigenvalue weighted by atomic mass is 31.2. The van der Waals surface area contributed by atoms with Gasteiger partial charge in [-0.2, -0.15) is 0 Å². The first-order valence-electron chi connectivity index (χ1n) is 22.0. The molecule has 55 heavy (non-hydrogen) atoms. The van der Waals surface area contributed by atoms with Crippen molar-refractivity contribution in [2.24, 2.45) is 0 Å². The molecule has 0 saturated carbocycles. The fraction of sp³-hybridized carbons (Fsp3) is 0.761. The van der Waals surface area contributed by atoms with Crippen LogP contribution in [0.15, 0.2) is 60.8 Å². The fourth-order valence-corrected chi connectivity index (χ4v) is 6.44. The van der Waals surface area contributed by atoms with E-state index < -0.39 is 13.9 Å². The molecule has 0 aromatic carbocycles. The second-order valence-corrected chi connectivity index (χ2v) is 17.2. The van der Waals surface area contributed by atoms with Crippen LogP contribution in [0.2, 0.25) is 0 Å². The highest BCUT2D eigenvalue weighted by molar-refractivity contribution is 7.47. The van der Waals surface area contributed by atoms with Crippen molar-refractivity contribution in [3.05, 3.63) is 60.8 Å². The first-order valence-corrected chi connectivity index (χ1v) is 23.5. The van der Waals surface area contributed by atoms with Crippen LogP contribution in [0.4, 0.5) is 0 Å². The van der Waals surface area contributed by atoms with Crippen LogP contribution < -0.4 is 0 Å². The molecule has 0 radical (unpaired) electrons. The molecule has 2 unspecified atom stereocenters. The van der Waals surface area contributed by atoms with Crippen LogP contribution in [-0.2, 0) is 27.9 Å².